The van der Waals surface area contributed by atoms with Gasteiger partial charge in [0.2, 0.25) is 11.8 Å². The Bertz CT molecular complexity index is 1150. The molecule has 7 nitrogen and oxygen atoms in total. The van der Waals surface area contributed by atoms with Crippen molar-refractivity contribution in [3.8, 4) is 5.69 Å². The van der Waals surface area contributed by atoms with Gasteiger partial charge in [-0.3, -0.25) is 9.59 Å². The number of fused-ring (bicyclic) bond motifs is 1. The zero-order chi connectivity index (χ0) is 22.8. The minimum Gasteiger partial charge on any atom is -0.360 e. The van der Waals surface area contributed by atoms with Gasteiger partial charge in [0, 0.05) is 18.5 Å². The number of amides is 2. The number of rotatable bonds is 5. The second kappa shape index (κ2) is 9.10. The highest BCUT2D eigenvalue weighted by Crippen LogP contribution is 2.35. The summed E-state index contributed by atoms with van der Waals surface area (Å²) in [5, 5.41) is 10.9. The summed E-state index contributed by atoms with van der Waals surface area (Å²) < 4.78 is 1.83. The molecule has 1 atom stereocenters. The van der Waals surface area contributed by atoms with Gasteiger partial charge >= 0.3 is 0 Å². The number of aromatic nitrogens is 2. The summed E-state index contributed by atoms with van der Waals surface area (Å²) in [4.78, 5) is 27.6. The molecule has 1 aliphatic heterocycles. The molecule has 7 heteroatoms. The largest absolute Gasteiger partial charge is 0.360 e. The summed E-state index contributed by atoms with van der Waals surface area (Å²) in [6.45, 7) is 2.50. The molecule has 2 heterocycles. The monoisotopic (exact) mass is 443 g/mol. The van der Waals surface area contributed by atoms with Crippen LogP contribution in [-0.2, 0) is 9.59 Å². The fourth-order valence-corrected chi connectivity index (χ4v) is 4.80. The van der Waals surface area contributed by atoms with E-state index in [9.17, 15) is 9.59 Å². The fourth-order valence-electron chi connectivity index (χ4n) is 4.80. The molecule has 0 radical (unpaired) electrons. The highest BCUT2D eigenvalue weighted by molar-refractivity contribution is 6.00. The van der Waals surface area contributed by atoms with Gasteiger partial charge in [-0.15, -0.1) is 0 Å². The Hall–Kier alpha value is -3.61. The lowest BCUT2D eigenvalue weighted by Gasteiger charge is -2.25. The number of anilines is 3. The molecule has 170 valence electrons. The first-order chi connectivity index (χ1) is 16.1. The predicted molar refractivity (Wildman–Crippen MR) is 130 cm³/mol. The first-order valence-electron chi connectivity index (χ1n) is 11.7. The number of para-hydroxylation sites is 3. The minimum atomic E-state index is -0.228. The number of hydrogen-bond acceptors (Lipinski definition) is 4. The number of benzene rings is 2. The summed E-state index contributed by atoms with van der Waals surface area (Å²) in [7, 11) is 0. The van der Waals surface area contributed by atoms with E-state index in [-0.39, 0.29) is 24.3 Å². The van der Waals surface area contributed by atoms with Crippen LogP contribution in [0.5, 0.6) is 0 Å². The van der Waals surface area contributed by atoms with Gasteiger partial charge in [0.25, 0.3) is 0 Å². The number of hydrogen-bond donors (Lipinski definition) is 2. The molecule has 0 saturated heterocycles. The number of carbonyl (C=O) groups excluding carboxylic acids is 2. The highest BCUT2D eigenvalue weighted by atomic mass is 16.2. The average molecular weight is 444 g/mol. The van der Waals surface area contributed by atoms with Gasteiger partial charge in [-0.05, 0) is 37.1 Å². The Morgan fingerprint density at radius 3 is 2.61 bits per heavy atom. The van der Waals surface area contributed by atoms with E-state index in [4.69, 9.17) is 5.10 Å². The van der Waals surface area contributed by atoms with Crippen LogP contribution < -0.4 is 15.5 Å². The molecule has 33 heavy (non-hydrogen) atoms. The van der Waals surface area contributed by atoms with Gasteiger partial charge in [0.1, 0.15) is 5.82 Å². The Morgan fingerprint density at radius 1 is 1.09 bits per heavy atom. The second-order valence-electron chi connectivity index (χ2n) is 9.02. The minimum absolute atomic E-state index is 0.0336. The van der Waals surface area contributed by atoms with Crippen molar-refractivity contribution in [1.82, 2.24) is 9.78 Å². The standard InChI is InChI=1S/C26H29N5O2/c1-18-16-30(23-14-8-7-13-21(23)27-26(18)33)17-25(32)28-24-15-22(19-9-5-6-10-19)29-31(24)20-11-3-2-4-12-20/h2-4,7-8,11-15,18-19H,5-6,9-10,16-17H2,1H3,(H,27,33)(H,28,32)/t18-/m0/s1. The molecular formula is C26H29N5O2. The maximum Gasteiger partial charge on any atom is 0.245 e. The molecule has 1 fully saturated rings. The molecule has 5 rings (SSSR count). The summed E-state index contributed by atoms with van der Waals surface area (Å²) in [5.41, 5.74) is 3.54. The van der Waals surface area contributed by atoms with Crippen molar-refractivity contribution in [3.05, 3.63) is 66.4 Å². The molecule has 0 unspecified atom stereocenters. The average Bonchev–Trinajstić information content (AvgIpc) is 3.47. The molecule has 2 aromatic carbocycles. The van der Waals surface area contributed by atoms with Crippen molar-refractivity contribution >= 4 is 29.0 Å². The van der Waals surface area contributed by atoms with Crippen LogP contribution in [0, 0.1) is 5.92 Å². The van der Waals surface area contributed by atoms with Crippen LogP contribution in [0.15, 0.2) is 60.7 Å². The van der Waals surface area contributed by atoms with E-state index in [0.29, 0.717) is 18.3 Å². The first-order valence-corrected chi connectivity index (χ1v) is 11.7. The summed E-state index contributed by atoms with van der Waals surface area (Å²) >= 11 is 0. The maximum absolute atomic E-state index is 13.2. The SMILES string of the molecule is C[C@H]1CN(CC(=O)Nc2cc(C3CCCC3)nn2-c2ccccc2)c2ccccc2NC1=O. The third kappa shape index (κ3) is 4.49. The molecule has 1 aliphatic carbocycles. The Balaban J connectivity index is 1.40. The molecule has 0 bridgehead atoms. The first kappa shape index (κ1) is 21.2. The van der Waals surface area contributed by atoms with Gasteiger partial charge < -0.3 is 15.5 Å². The molecule has 2 amide bonds. The van der Waals surface area contributed by atoms with Crippen LogP contribution in [0.1, 0.15) is 44.2 Å². The lowest BCUT2D eigenvalue weighted by Crippen LogP contribution is -2.37. The van der Waals surface area contributed by atoms with Crippen LogP contribution in [-0.4, -0.2) is 34.7 Å². The molecule has 2 N–H and O–H groups in total. The van der Waals surface area contributed by atoms with Gasteiger partial charge in [0.05, 0.1) is 35.2 Å². The zero-order valence-electron chi connectivity index (χ0n) is 18.8. The van der Waals surface area contributed by atoms with E-state index in [1.807, 2.05) is 77.2 Å². The normalized spacial score (nSPS) is 18.5. The van der Waals surface area contributed by atoms with Crippen molar-refractivity contribution in [2.45, 2.75) is 38.5 Å². The van der Waals surface area contributed by atoms with Crippen molar-refractivity contribution in [3.63, 3.8) is 0 Å². The lowest BCUT2D eigenvalue weighted by atomic mass is 10.0. The molecule has 1 saturated carbocycles. The van der Waals surface area contributed by atoms with Crippen molar-refractivity contribution in [2.24, 2.45) is 5.92 Å². The third-order valence-electron chi connectivity index (χ3n) is 6.55. The lowest BCUT2D eigenvalue weighted by molar-refractivity contribution is -0.119. The van der Waals surface area contributed by atoms with Crippen LogP contribution in [0.2, 0.25) is 0 Å². The maximum atomic E-state index is 13.2. The van der Waals surface area contributed by atoms with E-state index in [1.165, 1.54) is 12.8 Å². The Kier molecular flexibility index (Phi) is 5.86. The number of nitrogens with zero attached hydrogens (tertiary/aromatic N) is 3. The molecule has 3 aromatic rings. The Labute approximate surface area is 193 Å². The fraction of sp³-hybridized carbons (Fsp3) is 0.346. The van der Waals surface area contributed by atoms with E-state index in [1.54, 1.807) is 0 Å². The van der Waals surface area contributed by atoms with E-state index >= 15 is 0 Å². The highest BCUT2D eigenvalue weighted by Gasteiger charge is 2.27. The van der Waals surface area contributed by atoms with Crippen molar-refractivity contribution in [1.29, 1.82) is 0 Å². The second-order valence-corrected chi connectivity index (χ2v) is 9.02. The van der Waals surface area contributed by atoms with Crippen LogP contribution in [0.4, 0.5) is 17.2 Å². The van der Waals surface area contributed by atoms with E-state index in [0.717, 1.165) is 35.6 Å². The van der Waals surface area contributed by atoms with Crippen LogP contribution in [0.3, 0.4) is 0 Å². The summed E-state index contributed by atoms with van der Waals surface area (Å²) in [6, 6.07) is 19.5. The number of nitrogens with one attached hydrogen (secondary N) is 2. The van der Waals surface area contributed by atoms with Crippen LogP contribution >= 0.6 is 0 Å². The third-order valence-corrected chi connectivity index (χ3v) is 6.55. The van der Waals surface area contributed by atoms with Gasteiger partial charge in [-0.2, -0.15) is 5.10 Å². The van der Waals surface area contributed by atoms with Gasteiger partial charge in [-0.25, -0.2) is 4.68 Å². The molecule has 2 aliphatic rings. The molecule has 0 spiro atoms. The number of carbonyl (C=O) groups is 2. The summed E-state index contributed by atoms with van der Waals surface area (Å²) in [6.07, 6.45) is 4.74. The van der Waals surface area contributed by atoms with Crippen molar-refractivity contribution in [2.75, 3.05) is 28.6 Å². The predicted octanol–water partition coefficient (Wildman–Crippen LogP) is 4.56. The molecule has 1 aromatic heterocycles. The van der Waals surface area contributed by atoms with Crippen LogP contribution in [0.25, 0.3) is 5.69 Å². The van der Waals surface area contributed by atoms with Gasteiger partial charge in [-0.1, -0.05) is 50.1 Å². The quantitative estimate of drug-likeness (QED) is 0.606. The van der Waals surface area contributed by atoms with Crippen molar-refractivity contribution < 1.29 is 9.59 Å². The smallest absolute Gasteiger partial charge is 0.245 e. The topological polar surface area (TPSA) is 79.3 Å². The Morgan fingerprint density at radius 2 is 1.82 bits per heavy atom. The van der Waals surface area contributed by atoms with E-state index in [2.05, 4.69) is 10.6 Å². The van der Waals surface area contributed by atoms with E-state index < -0.39 is 0 Å². The summed E-state index contributed by atoms with van der Waals surface area (Å²) in [5.74, 6) is 0.726. The van der Waals surface area contributed by atoms with Gasteiger partial charge in [0.15, 0.2) is 0 Å². The molecular weight excluding hydrogens is 414 g/mol. The zero-order valence-corrected chi connectivity index (χ0v) is 18.8.